The van der Waals surface area contributed by atoms with Gasteiger partial charge in [-0.15, -0.1) is 0 Å². The van der Waals surface area contributed by atoms with Crippen LogP contribution in [0.1, 0.15) is 16.8 Å². The minimum absolute atomic E-state index is 0.212. The summed E-state index contributed by atoms with van der Waals surface area (Å²) >= 11 is 5.52. The highest BCUT2D eigenvalue weighted by Gasteiger charge is 2.27. The van der Waals surface area contributed by atoms with Gasteiger partial charge in [-0.3, -0.25) is 19.7 Å². The lowest BCUT2D eigenvalue weighted by Crippen LogP contribution is -2.42. The minimum atomic E-state index is -1.73. The molecule has 0 fully saturated rings. The van der Waals surface area contributed by atoms with E-state index in [1.807, 2.05) is 5.32 Å². The molecule has 0 aliphatic carbocycles. The first-order valence-corrected chi connectivity index (χ1v) is 5.65. The highest BCUT2D eigenvalue weighted by atomic mass is 35.5. The van der Waals surface area contributed by atoms with Crippen molar-refractivity contribution < 1.29 is 29.5 Å². The molecule has 1 aromatic heterocycles. The SMILES string of the molecule is O=C(O)CC(NC(=O)c1cc(Cl)ncc1[N+](=O)[O-])C(=O)O. The van der Waals surface area contributed by atoms with Crippen LogP contribution in [0.15, 0.2) is 12.3 Å². The molecule has 10 nitrogen and oxygen atoms in total. The largest absolute Gasteiger partial charge is 0.481 e. The first kappa shape index (κ1) is 16.3. The Bertz CT molecular complexity index is 619. The number of nitrogens with one attached hydrogen (secondary N) is 1. The van der Waals surface area contributed by atoms with Crippen LogP contribution in [0.5, 0.6) is 0 Å². The minimum Gasteiger partial charge on any atom is -0.481 e. The highest BCUT2D eigenvalue weighted by molar-refractivity contribution is 6.29. The Morgan fingerprint density at radius 3 is 2.52 bits per heavy atom. The van der Waals surface area contributed by atoms with Crippen molar-refractivity contribution in [2.75, 3.05) is 0 Å². The molecule has 11 heteroatoms. The molecule has 1 rings (SSSR count). The van der Waals surface area contributed by atoms with E-state index >= 15 is 0 Å². The molecule has 1 atom stereocenters. The smallest absolute Gasteiger partial charge is 0.326 e. The molecule has 0 saturated heterocycles. The molecule has 3 N–H and O–H groups in total. The van der Waals surface area contributed by atoms with Crippen LogP contribution in [0.4, 0.5) is 5.69 Å². The van der Waals surface area contributed by atoms with Gasteiger partial charge in [0, 0.05) is 0 Å². The summed E-state index contributed by atoms with van der Waals surface area (Å²) in [5.41, 5.74) is -1.20. The summed E-state index contributed by atoms with van der Waals surface area (Å²) < 4.78 is 0. The second kappa shape index (κ2) is 6.61. The van der Waals surface area contributed by atoms with Crippen molar-refractivity contribution in [3.63, 3.8) is 0 Å². The van der Waals surface area contributed by atoms with Crippen LogP contribution in [0.3, 0.4) is 0 Å². The van der Waals surface area contributed by atoms with E-state index in [1.165, 1.54) is 0 Å². The number of pyridine rings is 1. The summed E-state index contributed by atoms with van der Waals surface area (Å²) in [6.07, 6.45) is -0.141. The second-order valence-corrected chi connectivity index (χ2v) is 4.13. The van der Waals surface area contributed by atoms with Gasteiger partial charge in [0.2, 0.25) is 0 Å². The molecule has 1 unspecified atom stereocenters. The molecule has 0 saturated carbocycles. The third-order valence-corrected chi connectivity index (χ3v) is 2.48. The zero-order valence-corrected chi connectivity index (χ0v) is 10.9. The quantitative estimate of drug-likeness (QED) is 0.383. The van der Waals surface area contributed by atoms with Crippen LogP contribution in [-0.4, -0.2) is 44.0 Å². The number of carbonyl (C=O) groups is 3. The maximum absolute atomic E-state index is 11.9. The Hall–Kier alpha value is -2.75. The van der Waals surface area contributed by atoms with Crippen molar-refractivity contribution >= 4 is 35.1 Å². The van der Waals surface area contributed by atoms with Gasteiger partial charge in [-0.1, -0.05) is 11.6 Å². The van der Waals surface area contributed by atoms with Crippen molar-refractivity contribution in [1.82, 2.24) is 10.3 Å². The predicted molar refractivity (Wildman–Crippen MR) is 67.0 cm³/mol. The van der Waals surface area contributed by atoms with Gasteiger partial charge in [0.05, 0.1) is 11.3 Å². The van der Waals surface area contributed by atoms with Gasteiger partial charge in [-0.05, 0) is 6.07 Å². The van der Waals surface area contributed by atoms with Crippen LogP contribution >= 0.6 is 11.6 Å². The number of hydrogen-bond donors (Lipinski definition) is 3. The number of carboxylic acid groups (broad SMARTS) is 2. The third kappa shape index (κ3) is 4.38. The average molecular weight is 318 g/mol. The fraction of sp³-hybridized carbons (Fsp3) is 0.200. The number of rotatable bonds is 6. The molecular formula is C10H8ClN3O7. The van der Waals surface area contributed by atoms with Gasteiger partial charge in [0.1, 0.15) is 23.0 Å². The van der Waals surface area contributed by atoms with E-state index in [4.69, 9.17) is 21.8 Å². The van der Waals surface area contributed by atoms with E-state index in [0.717, 1.165) is 12.3 Å². The van der Waals surface area contributed by atoms with Crippen LogP contribution in [0.25, 0.3) is 0 Å². The van der Waals surface area contributed by atoms with Gasteiger partial charge >= 0.3 is 11.9 Å². The Morgan fingerprint density at radius 1 is 1.43 bits per heavy atom. The lowest BCUT2D eigenvalue weighted by Gasteiger charge is -2.12. The normalized spacial score (nSPS) is 11.5. The van der Waals surface area contributed by atoms with Gasteiger partial charge in [-0.25, -0.2) is 9.78 Å². The number of nitrogens with zero attached hydrogens (tertiary/aromatic N) is 2. The summed E-state index contributed by atoms with van der Waals surface area (Å²) in [6.45, 7) is 0. The van der Waals surface area contributed by atoms with Gasteiger partial charge in [0.25, 0.3) is 11.6 Å². The molecule has 0 aliphatic rings. The van der Waals surface area contributed by atoms with E-state index in [2.05, 4.69) is 4.98 Å². The first-order chi connectivity index (χ1) is 9.72. The first-order valence-electron chi connectivity index (χ1n) is 5.27. The summed E-state index contributed by atoms with van der Waals surface area (Å²) in [4.78, 5) is 46.5. The second-order valence-electron chi connectivity index (χ2n) is 3.74. The van der Waals surface area contributed by atoms with Gasteiger partial charge < -0.3 is 15.5 Å². The maximum atomic E-state index is 11.9. The molecule has 0 aliphatic heterocycles. The van der Waals surface area contributed by atoms with Crippen LogP contribution in [0.2, 0.25) is 5.15 Å². The maximum Gasteiger partial charge on any atom is 0.326 e. The van der Waals surface area contributed by atoms with E-state index in [0.29, 0.717) is 0 Å². The fourth-order valence-corrected chi connectivity index (χ4v) is 1.52. The van der Waals surface area contributed by atoms with E-state index < -0.39 is 46.5 Å². The van der Waals surface area contributed by atoms with Crippen LogP contribution in [0, 0.1) is 10.1 Å². The molecule has 1 aromatic rings. The van der Waals surface area contributed by atoms with Gasteiger partial charge in [0.15, 0.2) is 0 Å². The Balaban J connectivity index is 3.07. The average Bonchev–Trinajstić information content (AvgIpc) is 2.36. The Kier molecular flexibility index (Phi) is 5.13. The Morgan fingerprint density at radius 2 is 2.05 bits per heavy atom. The highest BCUT2D eigenvalue weighted by Crippen LogP contribution is 2.20. The van der Waals surface area contributed by atoms with E-state index in [9.17, 15) is 24.5 Å². The molecule has 1 amide bonds. The third-order valence-electron chi connectivity index (χ3n) is 2.27. The van der Waals surface area contributed by atoms with E-state index in [-0.39, 0.29) is 5.15 Å². The number of aliphatic carboxylic acids is 2. The molecule has 112 valence electrons. The molecule has 0 bridgehead atoms. The molecule has 0 radical (unpaired) electrons. The van der Waals surface area contributed by atoms with Crippen molar-refractivity contribution in [3.8, 4) is 0 Å². The molecule has 0 spiro atoms. The molecule has 0 aromatic carbocycles. The monoisotopic (exact) mass is 317 g/mol. The molecular weight excluding hydrogens is 310 g/mol. The van der Waals surface area contributed by atoms with Crippen molar-refractivity contribution in [3.05, 3.63) is 33.1 Å². The fourth-order valence-electron chi connectivity index (χ4n) is 1.36. The number of carboxylic acids is 2. The summed E-state index contributed by atoms with van der Waals surface area (Å²) in [5.74, 6) is -4.18. The zero-order chi connectivity index (χ0) is 16.2. The standard InChI is InChI=1S/C10H8ClN3O7/c11-7-1-4(6(3-12-7)14(20)21)9(17)13-5(10(18)19)2-8(15)16/h1,3,5H,2H2,(H,13,17)(H,15,16)(H,18,19). The topological polar surface area (TPSA) is 160 Å². The summed E-state index contributed by atoms with van der Waals surface area (Å²) in [5, 5.41) is 29.8. The Labute approximate surface area is 121 Å². The molecule has 1 heterocycles. The number of hydrogen-bond acceptors (Lipinski definition) is 6. The van der Waals surface area contributed by atoms with Crippen LogP contribution < -0.4 is 5.32 Å². The summed E-state index contributed by atoms with van der Waals surface area (Å²) in [6, 6.07) is -0.851. The van der Waals surface area contributed by atoms with Gasteiger partial charge in [-0.2, -0.15) is 0 Å². The van der Waals surface area contributed by atoms with Crippen molar-refractivity contribution in [1.29, 1.82) is 0 Å². The lowest BCUT2D eigenvalue weighted by atomic mass is 10.1. The number of nitro groups is 1. The lowest BCUT2D eigenvalue weighted by molar-refractivity contribution is -0.385. The van der Waals surface area contributed by atoms with E-state index in [1.54, 1.807) is 0 Å². The van der Waals surface area contributed by atoms with Crippen molar-refractivity contribution in [2.45, 2.75) is 12.5 Å². The molecule has 21 heavy (non-hydrogen) atoms. The van der Waals surface area contributed by atoms with Crippen molar-refractivity contribution in [2.24, 2.45) is 0 Å². The zero-order valence-electron chi connectivity index (χ0n) is 10.1. The number of aromatic nitrogens is 1. The number of amides is 1. The van der Waals surface area contributed by atoms with Crippen LogP contribution in [-0.2, 0) is 9.59 Å². The number of halogens is 1. The summed E-state index contributed by atoms with van der Waals surface area (Å²) in [7, 11) is 0. The number of carbonyl (C=O) groups excluding carboxylic acids is 1. The predicted octanol–water partition coefficient (Wildman–Crippen LogP) is 0.301.